The summed E-state index contributed by atoms with van der Waals surface area (Å²) in [6, 6.07) is 40.0. The molecule has 0 aliphatic rings. The number of quaternary nitrogens is 1. The van der Waals surface area contributed by atoms with E-state index in [9.17, 15) is 0 Å². The van der Waals surface area contributed by atoms with Crippen LogP contribution in [0.5, 0.6) is 0 Å². The van der Waals surface area contributed by atoms with Gasteiger partial charge in [-0.1, -0.05) is 120 Å². The van der Waals surface area contributed by atoms with Crippen LogP contribution in [0.4, 0.5) is 0 Å². The van der Waals surface area contributed by atoms with Crippen molar-refractivity contribution >= 4 is 28.0 Å². The first-order chi connectivity index (χ1) is 15.2. The van der Waals surface area contributed by atoms with Gasteiger partial charge >= 0.3 is 0 Å². The lowest BCUT2D eigenvalue weighted by atomic mass is 9.13. The summed E-state index contributed by atoms with van der Waals surface area (Å²) in [5, 5.41) is 0. The summed E-state index contributed by atoms with van der Waals surface area (Å²) in [5.41, 5.74) is 7.96. The van der Waals surface area contributed by atoms with E-state index in [1.165, 1.54) is 33.0 Å². The Bertz CT molecular complexity index is 1000. The zero-order valence-corrected chi connectivity index (χ0v) is 20.4. The number of hydrogen-bond donors (Lipinski definition) is 0. The molecule has 4 aromatic carbocycles. The second-order valence-corrected chi connectivity index (χ2v) is 10.2. The number of nitrogens with zero attached hydrogens (tertiary/aromatic N) is 1. The molecule has 0 amide bonds. The highest BCUT2D eigenvalue weighted by Crippen LogP contribution is 2.10. The molecule has 0 saturated carbocycles. The SMILES string of the molecule is C[N+](C)(C)C.Cc1ccc([B-](c2ccccc2)(c2ccccc2)c2ccc(C)cc2)cc1. The monoisotopic (exact) mass is 421 g/mol. The molecule has 0 radical (unpaired) electrons. The largest absolute Gasteiger partial charge is 0.333 e. The maximum Gasteiger partial charge on any atom is 0.108 e. The summed E-state index contributed by atoms with van der Waals surface area (Å²) in [7, 11) is 8.50. The molecule has 32 heavy (non-hydrogen) atoms. The minimum absolute atomic E-state index is 1.00. The average Bonchev–Trinajstić information content (AvgIpc) is 2.77. The molecule has 2 heteroatoms. The van der Waals surface area contributed by atoms with E-state index in [2.05, 4.69) is 151 Å². The summed E-state index contributed by atoms with van der Waals surface area (Å²) in [4.78, 5) is 0. The Labute approximate surface area is 194 Å². The Kier molecular flexibility index (Phi) is 7.38. The lowest BCUT2D eigenvalue weighted by Gasteiger charge is -2.44. The molecule has 0 saturated heterocycles. The third-order valence-corrected chi connectivity index (χ3v) is 5.75. The maximum absolute atomic E-state index is 2.30. The van der Waals surface area contributed by atoms with Gasteiger partial charge in [0.15, 0.2) is 0 Å². The van der Waals surface area contributed by atoms with Crippen LogP contribution in [0.2, 0.25) is 0 Å². The summed E-state index contributed by atoms with van der Waals surface area (Å²) in [6.07, 6.45) is -1.24. The predicted molar refractivity (Wildman–Crippen MR) is 143 cm³/mol. The minimum atomic E-state index is -1.24. The number of rotatable bonds is 4. The van der Waals surface area contributed by atoms with Crippen molar-refractivity contribution in [1.29, 1.82) is 0 Å². The van der Waals surface area contributed by atoms with Gasteiger partial charge in [0.1, 0.15) is 6.15 Å². The van der Waals surface area contributed by atoms with Crippen molar-refractivity contribution in [1.82, 2.24) is 0 Å². The van der Waals surface area contributed by atoms with Gasteiger partial charge in [-0.15, -0.1) is 0 Å². The van der Waals surface area contributed by atoms with Gasteiger partial charge in [0.25, 0.3) is 0 Å². The van der Waals surface area contributed by atoms with Crippen LogP contribution in [0.3, 0.4) is 0 Å². The number of hydrogen-bond acceptors (Lipinski definition) is 0. The molecule has 0 heterocycles. The fourth-order valence-corrected chi connectivity index (χ4v) is 4.35. The molecule has 4 aromatic rings. The molecule has 0 aliphatic heterocycles. The van der Waals surface area contributed by atoms with Gasteiger partial charge < -0.3 is 4.48 Å². The first-order valence-corrected chi connectivity index (χ1v) is 11.4. The topological polar surface area (TPSA) is 0 Å². The molecule has 0 fully saturated rings. The molecule has 0 aromatic heterocycles. The van der Waals surface area contributed by atoms with E-state index in [-0.39, 0.29) is 0 Å². The zero-order valence-electron chi connectivity index (χ0n) is 20.4. The summed E-state index contributed by atoms with van der Waals surface area (Å²) in [6.45, 7) is 4.30. The molecule has 164 valence electrons. The van der Waals surface area contributed by atoms with Crippen molar-refractivity contribution in [2.45, 2.75) is 13.8 Å². The van der Waals surface area contributed by atoms with Crippen molar-refractivity contribution < 1.29 is 4.48 Å². The van der Waals surface area contributed by atoms with Crippen LogP contribution in [0.1, 0.15) is 11.1 Å². The standard InChI is InChI=1S/C26H24B.C4H12N/c1-21-13-17-25(18-14-21)27(23-9-5-3-6-10-23,24-11-7-4-8-12-24)26-19-15-22(2)16-20-26;1-5(2,3)4/h3-20H,1-2H3;1-4H3/q-1;+1. The Balaban J connectivity index is 0.000000523. The third kappa shape index (κ3) is 5.58. The van der Waals surface area contributed by atoms with E-state index in [0.717, 1.165) is 4.48 Å². The fraction of sp³-hybridized carbons (Fsp3) is 0.200. The highest BCUT2D eigenvalue weighted by molar-refractivity contribution is 7.19. The highest BCUT2D eigenvalue weighted by Gasteiger charge is 2.31. The summed E-state index contributed by atoms with van der Waals surface area (Å²) in [5.74, 6) is 0. The molecule has 4 rings (SSSR count). The van der Waals surface area contributed by atoms with Crippen LogP contribution in [-0.4, -0.2) is 38.8 Å². The van der Waals surface area contributed by atoms with Crippen molar-refractivity contribution in [3.05, 3.63) is 120 Å². The van der Waals surface area contributed by atoms with Gasteiger partial charge in [0, 0.05) is 0 Å². The van der Waals surface area contributed by atoms with E-state index in [1.807, 2.05) is 0 Å². The van der Waals surface area contributed by atoms with Gasteiger partial charge in [0.05, 0.1) is 28.2 Å². The summed E-state index contributed by atoms with van der Waals surface area (Å²) >= 11 is 0. The van der Waals surface area contributed by atoms with Crippen LogP contribution < -0.4 is 21.9 Å². The quantitative estimate of drug-likeness (QED) is 0.345. The van der Waals surface area contributed by atoms with E-state index < -0.39 is 6.15 Å². The summed E-state index contributed by atoms with van der Waals surface area (Å²) < 4.78 is 1.00. The van der Waals surface area contributed by atoms with E-state index in [4.69, 9.17) is 0 Å². The van der Waals surface area contributed by atoms with Gasteiger partial charge in [-0.2, -0.15) is 21.9 Å². The normalized spacial score (nSPS) is 11.4. The third-order valence-electron chi connectivity index (χ3n) is 5.75. The number of aryl methyl sites for hydroxylation is 2. The second-order valence-electron chi connectivity index (χ2n) is 10.2. The van der Waals surface area contributed by atoms with Gasteiger partial charge in [0.2, 0.25) is 0 Å². The zero-order chi connectivity index (χ0) is 23.2. The molecule has 0 N–H and O–H groups in total. The van der Waals surface area contributed by atoms with Crippen LogP contribution in [0.25, 0.3) is 0 Å². The Morgan fingerprint density at radius 3 is 0.938 bits per heavy atom. The number of benzene rings is 4. The molecule has 0 unspecified atom stereocenters. The van der Waals surface area contributed by atoms with E-state index in [0.29, 0.717) is 0 Å². The smallest absolute Gasteiger partial charge is 0.108 e. The van der Waals surface area contributed by atoms with Crippen LogP contribution in [0.15, 0.2) is 109 Å². The lowest BCUT2D eigenvalue weighted by molar-refractivity contribution is -0.849. The maximum atomic E-state index is 2.30. The molecule has 0 bridgehead atoms. The van der Waals surface area contributed by atoms with Gasteiger partial charge in [-0.3, -0.25) is 0 Å². The fourth-order valence-electron chi connectivity index (χ4n) is 4.35. The van der Waals surface area contributed by atoms with Crippen LogP contribution in [-0.2, 0) is 0 Å². The Morgan fingerprint density at radius 1 is 0.406 bits per heavy atom. The Morgan fingerprint density at radius 2 is 0.656 bits per heavy atom. The molecule has 0 aliphatic carbocycles. The van der Waals surface area contributed by atoms with Crippen molar-refractivity contribution in [2.75, 3.05) is 28.2 Å². The second kappa shape index (κ2) is 10.0. The van der Waals surface area contributed by atoms with Crippen LogP contribution in [0, 0.1) is 13.8 Å². The van der Waals surface area contributed by atoms with Crippen molar-refractivity contribution in [3.63, 3.8) is 0 Å². The molecule has 1 nitrogen and oxygen atoms in total. The first kappa shape index (κ1) is 23.6. The van der Waals surface area contributed by atoms with Crippen molar-refractivity contribution in [3.8, 4) is 0 Å². The minimum Gasteiger partial charge on any atom is -0.333 e. The molecular formula is C30H36BN. The van der Waals surface area contributed by atoms with Gasteiger partial charge in [-0.05, 0) is 13.8 Å². The van der Waals surface area contributed by atoms with Crippen molar-refractivity contribution in [2.24, 2.45) is 0 Å². The molecule has 0 spiro atoms. The van der Waals surface area contributed by atoms with E-state index >= 15 is 0 Å². The van der Waals surface area contributed by atoms with Gasteiger partial charge in [-0.25, -0.2) is 0 Å². The van der Waals surface area contributed by atoms with Crippen LogP contribution >= 0.6 is 0 Å². The lowest BCUT2D eigenvalue weighted by Crippen LogP contribution is -2.74. The highest BCUT2D eigenvalue weighted by atomic mass is 15.2. The average molecular weight is 421 g/mol. The molecule has 0 atom stereocenters. The Hall–Kier alpha value is -3.10. The predicted octanol–water partition coefficient (Wildman–Crippen LogP) is 4.00. The van der Waals surface area contributed by atoms with E-state index in [1.54, 1.807) is 0 Å². The first-order valence-electron chi connectivity index (χ1n) is 11.4. The molecular weight excluding hydrogens is 385 g/mol.